The molecular weight excluding hydrogens is 309 g/mol. The van der Waals surface area contributed by atoms with Crippen molar-refractivity contribution < 1.29 is 28.1 Å². The first-order valence-corrected chi connectivity index (χ1v) is 6.83. The molecule has 0 aromatic heterocycles. The van der Waals surface area contributed by atoms with Crippen LogP contribution in [-0.2, 0) is 10.2 Å². The van der Waals surface area contributed by atoms with Crippen molar-refractivity contribution in [1.29, 1.82) is 0 Å². The molecule has 0 atom stereocenters. The van der Waals surface area contributed by atoms with Gasteiger partial charge >= 0.3 is 6.18 Å². The molecule has 0 aliphatic heterocycles. The maximum Gasteiger partial charge on any atom is 0.411 e. The summed E-state index contributed by atoms with van der Waals surface area (Å²) in [5, 5.41) is 19.7. The van der Waals surface area contributed by atoms with E-state index in [1.165, 1.54) is 0 Å². The van der Waals surface area contributed by atoms with Crippen LogP contribution in [0.3, 0.4) is 0 Å². The number of alkyl halides is 3. The molecule has 1 aromatic rings. The predicted octanol–water partition coefficient (Wildman–Crippen LogP) is 2.92. The minimum atomic E-state index is -4.35. The van der Waals surface area contributed by atoms with E-state index in [4.69, 9.17) is 11.6 Å². The molecule has 7 heteroatoms. The van der Waals surface area contributed by atoms with Crippen molar-refractivity contribution in [2.45, 2.75) is 24.4 Å². The number of halogens is 4. The van der Waals surface area contributed by atoms with Gasteiger partial charge in [0.2, 0.25) is 0 Å². The summed E-state index contributed by atoms with van der Waals surface area (Å²) < 4.78 is 40.3. The third kappa shape index (κ3) is 5.82. The van der Waals surface area contributed by atoms with Gasteiger partial charge in [0.1, 0.15) is 6.61 Å². The Kier molecular flexibility index (Phi) is 6.93. The van der Waals surface area contributed by atoms with Crippen LogP contribution in [0.5, 0.6) is 0 Å². The van der Waals surface area contributed by atoms with E-state index in [0.717, 1.165) is 0 Å². The lowest BCUT2D eigenvalue weighted by atomic mass is 9.78. The van der Waals surface area contributed by atoms with Gasteiger partial charge in [0.15, 0.2) is 0 Å². The Hall–Kier alpha value is -0.820. The van der Waals surface area contributed by atoms with Crippen LogP contribution in [0, 0.1) is 0 Å². The summed E-state index contributed by atoms with van der Waals surface area (Å²) in [7, 11) is 0. The Bertz CT molecular complexity index is 416. The summed E-state index contributed by atoms with van der Waals surface area (Å²) in [6.45, 7) is -2.01. The summed E-state index contributed by atoms with van der Waals surface area (Å²) in [4.78, 5) is 0. The Morgan fingerprint density at radius 2 is 1.62 bits per heavy atom. The number of rotatable bonds is 8. The zero-order chi connectivity index (χ0) is 15.9. The summed E-state index contributed by atoms with van der Waals surface area (Å²) >= 11 is 5.78. The average Bonchev–Trinajstić information content (AvgIpc) is 2.43. The highest BCUT2D eigenvalue weighted by Crippen LogP contribution is 2.30. The zero-order valence-corrected chi connectivity index (χ0v) is 12.1. The maximum absolute atomic E-state index is 11.9. The van der Waals surface area contributed by atoms with Gasteiger partial charge in [-0.25, -0.2) is 0 Å². The van der Waals surface area contributed by atoms with Crippen molar-refractivity contribution in [3.8, 4) is 0 Å². The van der Waals surface area contributed by atoms with Crippen LogP contribution in [0.1, 0.15) is 18.4 Å². The van der Waals surface area contributed by atoms with Crippen LogP contribution in [0.25, 0.3) is 0 Å². The van der Waals surface area contributed by atoms with Gasteiger partial charge in [0.25, 0.3) is 0 Å². The average molecular weight is 327 g/mol. The molecule has 0 amide bonds. The van der Waals surface area contributed by atoms with E-state index >= 15 is 0 Å². The summed E-state index contributed by atoms with van der Waals surface area (Å²) in [6, 6.07) is 6.64. The highest BCUT2D eigenvalue weighted by molar-refractivity contribution is 6.30. The standard InChI is InChI=1S/C14H18ClF3O3/c15-12-4-2-11(3-5-12)13(8-19,9-20)6-1-7-21-10-14(16,17)18/h2-5,19-20H,1,6-10H2. The lowest BCUT2D eigenvalue weighted by Crippen LogP contribution is -2.35. The zero-order valence-electron chi connectivity index (χ0n) is 11.4. The van der Waals surface area contributed by atoms with Gasteiger partial charge in [0, 0.05) is 17.0 Å². The number of ether oxygens (including phenoxy) is 1. The van der Waals surface area contributed by atoms with Crippen LogP contribution in [-0.4, -0.2) is 42.8 Å². The number of hydrogen-bond acceptors (Lipinski definition) is 3. The van der Waals surface area contributed by atoms with E-state index < -0.39 is 18.2 Å². The summed E-state index contributed by atoms with van der Waals surface area (Å²) in [5.74, 6) is 0. The molecule has 0 unspecified atom stereocenters. The van der Waals surface area contributed by atoms with E-state index in [1.807, 2.05) is 0 Å². The first-order valence-electron chi connectivity index (χ1n) is 6.45. The highest BCUT2D eigenvalue weighted by Gasteiger charge is 2.31. The second kappa shape index (κ2) is 7.98. The van der Waals surface area contributed by atoms with Crippen molar-refractivity contribution in [3.63, 3.8) is 0 Å². The first-order chi connectivity index (χ1) is 9.83. The second-order valence-corrected chi connectivity index (χ2v) is 5.31. The van der Waals surface area contributed by atoms with Crippen LogP contribution in [0.15, 0.2) is 24.3 Å². The van der Waals surface area contributed by atoms with Gasteiger partial charge in [-0.3, -0.25) is 0 Å². The largest absolute Gasteiger partial charge is 0.411 e. The molecule has 3 nitrogen and oxygen atoms in total. The van der Waals surface area contributed by atoms with Crippen molar-refractivity contribution in [3.05, 3.63) is 34.9 Å². The smallest absolute Gasteiger partial charge is 0.395 e. The first kappa shape index (κ1) is 18.2. The SMILES string of the molecule is OCC(CO)(CCCOCC(F)(F)F)c1ccc(Cl)cc1. The number of aliphatic hydroxyl groups is 2. The molecular formula is C14H18ClF3O3. The summed E-state index contributed by atoms with van der Waals surface area (Å²) in [6.07, 6.45) is -3.75. The molecule has 21 heavy (non-hydrogen) atoms. The molecule has 0 radical (unpaired) electrons. The van der Waals surface area contributed by atoms with Crippen LogP contribution >= 0.6 is 11.6 Å². The van der Waals surface area contributed by atoms with E-state index in [-0.39, 0.29) is 19.8 Å². The predicted molar refractivity (Wildman–Crippen MR) is 73.4 cm³/mol. The number of aliphatic hydroxyl groups excluding tert-OH is 2. The molecule has 1 rings (SSSR count). The fraction of sp³-hybridized carbons (Fsp3) is 0.571. The van der Waals surface area contributed by atoms with Crippen LogP contribution in [0.2, 0.25) is 5.02 Å². The monoisotopic (exact) mass is 326 g/mol. The molecule has 0 spiro atoms. The van der Waals surface area contributed by atoms with Crippen molar-refractivity contribution in [1.82, 2.24) is 0 Å². The van der Waals surface area contributed by atoms with Crippen LogP contribution in [0.4, 0.5) is 13.2 Å². The molecule has 0 heterocycles. The van der Waals surface area contributed by atoms with Crippen molar-refractivity contribution >= 4 is 11.6 Å². The molecule has 0 saturated heterocycles. The minimum Gasteiger partial charge on any atom is -0.395 e. The number of benzene rings is 1. The van der Waals surface area contributed by atoms with Crippen LogP contribution < -0.4 is 0 Å². The Labute approximate surface area is 126 Å². The Balaban J connectivity index is 2.59. The Morgan fingerprint density at radius 3 is 2.10 bits per heavy atom. The van der Waals surface area contributed by atoms with Gasteiger partial charge in [-0.05, 0) is 30.5 Å². The lowest BCUT2D eigenvalue weighted by molar-refractivity contribution is -0.174. The molecule has 0 fully saturated rings. The third-order valence-electron chi connectivity index (χ3n) is 3.27. The van der Waals surface area contributed by atoms with E-state index in [9.17, 15) is 23.4 Å². The lowest BCUT2D eigenvalue weighted by Gasteiger charge is -2.30. The molecule has 2 N–H and O–H groups in total. The molecule has 0 aliphatic carbocycles. The third-order valence-corrected chi connectivity index (χ3v) is 3.52. The van der Waals surface area contributed by atoms with Gasteiger partial charge < -0.3 is 14.9 Å². The minimum absolute atomic E-state index is 0.0884. The second-order valence-electron chi connectivity index (χ2n) is 4.87. The molecule has 0 saturated carbocycles. The topological polar surface area (TPSA) is 49.7 Å². The number of hydrogen-bond donors (Lipinski definition) is 2. The quantitative estimate of drug-likeness (QED) is 0.722. The molecule has 0 bridgehead atoms. The summed E-state index contributed by atoms with van der Waals surface area (Å²) in [5.41, 5.74) is -0.223. The van der Waals surface area contributed by atoms with Gasteiger partial charge in [0.05, 0.1) is 13.2 Å². The van der Waals surface area contributed by atoms with Crippen molar-refractivity contribution in [2.75, 3.05) is 26.4 Å². The van der Waals surface area contributed by atoms with E-state index in [2.05, 4.69) is 4.74 Å². The van der Waals surface area contributed by atoms with Gasteiger partial charge in [-0.15, -0.1) is 0 Å². The van der Waals surface area contributed by atoms with Gasteiger partial charge in [-0.2, -0.15) is 13.2 Å². The van der Waals surface area contributed by atoms with E-state index in [1.54, 1.807) is 24.3 Å². The normalized spacial score (nSPS) is 12.7. The molecule has 120 valence electrons. The fourth-order valence-electron chi connectivity index (χ4n) is 2.04. The molecule has 0 aliphatic rings. The maximum atomic E-state index is 11.9. The Morgan fingerprint density at radius 1 is 1.05 bits per heavy atom. The van der Waals surface area contributed by atoms with E-state index in [0.29, 0.717) is 23.4 Å². The van der Waals surface area contributed by atoms with Gasteiger partial charge in [-0.1, -0.05) is 23.7 Å². The highest BCUT2D eigenvalue weighted by atomic mass is 35.5. The fourth-order valence-corrected chi connectivity index (χ4v) is 2.16. The van der Waals surface area contributed by atoms with Crippen molar-refractivity contribution in [2.24, 2.45) is 0 Å². The molecule has 1 aromatic carbocycles.